The zero-order chi connectivity index (χ0) is 11.6. The van der Waals surface area contributed by atoms with E-state index < -0.39 is 0 Å². The highest BCUT2D eigenvalue weighted by atomic mass is 35.5. The standard InChI is InChI=1S/C13H21ClN2/c1-2-8-15-9-3-10-16-11-12-4-6-13(14)7-5-12/h4-7,15-16H,2-3,8-11H2,1H3. The Hall–Kier alpha value is -0.570. The first-order chi connectivity index (χ1) is 7.83. The van der Waals surface area contributed by atoms with Crippen molar-refractivity contribution in [3.63, 3.8) is 0 Å². The van der Waals surface area contributed by atoms with Crippen LogP contribution < -0.4 is 10.6 Å². The maximum absolute atomic E-state index is 5.82. The van der Waals surface area contributed by atoms with E-state index >= 15 is 0 Å². The van der Waals surface area contributed by atoms with Gasteiger partial charge in [-0.2, -0.15) is 0 Å². The van der Waals surface area contributed by atoms with E-state index in [1.54, 1.807) is 0 Å². The topological polar surface area (TPSA) is 24.1 Å². The second-order valence-electron chi connectivity index (χ2n) is 3.91. The van der Waals surface area contributed by atoms with Crippen LogP contribution in [0.25, 0.3) is 0 Å². The van der Waals surface area contributed by atoms with E-state index in [2.05, 4.69) is 29.7 Å². The summed E-state index contributed by atoms with van der Waals surface area (Å²) in [6.07, 6.45) is 2.38. The van der Waals surface area contributed by atoms with Gasteiger partial charge < -0.3 is 10.6 Å². The second kappa shape index (κ2) is 8.57. The molecule has 0 aliphatic heterocycles. The van der Waals surface area contributed by atoms with Gasteiger partial charge in [0, 0.05) is 11.6 Å². The molecule has 3 heteroatoms. The normalized spacial score (nSPS) is 10.6. The lowest BCUT2D eigenvalue weighted by molar-refractivity contribution is 0.592. The molecule has 1 aromatic carbocycles. The van der Waals surface area contributed by atoms with Crippen LogP contribution in [0.15, 0.2) is 24.3 Å². The fraction of sp³-hybridized carbons (Fsp3) is 0.538. The lowest BCUT2D eigenvalue weighted by atomic mass is 10.2. The molecule has 0 atom stereocenters. The fourth-order valence-electron chi connectivity index (χ4n) is 1.48. The molecule has 1 rings (SSSR count). The maximum Gasteiger partial charge on any atom is 0.0406 e. The highest BCUT2D eigenvalue weighted by molar-refractivity contribution is 6.30. The van der Waals surface area contributed by atoms with Gasteiger partial charge in [0.1, 0.15) is 0 Å². The van der Waals surface area contributed by atoms with Crippen LogP contribution in [-0.2, 0) is 6.54 Å². The smallest absolute Gasteiger partial charge is 0.0406 e. The zero-order valence-corrected chi connectivity index (χ0v) is 10.7. The maximum atomic E-state index is 5.82. The van der Waals surface area contributed by atoms with Crippen LogP contribution in [-0.4, -0.2) is 19.6 Å². The van der Waals surface area contributed by atoms with E-state index in [4.69, 9.17) is 11.6 Å². The Bertz CT molecular complexity index is 272. The van der Waals surface area contributed by atoms with Gasteiger partial charge >= 0.3 is 0 Å². The summed E-state index contributed by atoms with van der Waals surface area (Å²) in [4.78, 5) is 0. The van der Waals surface area contributed by atoms with E-state index in [1.165, 1.54) is 18.4 Å². The van der Waals surface area contributed by atoms with Crippen molar-refractivity contribution in [2.75, 3.05) is 19.6 Å². The van der Waals surface area contributed by atoms with Gasteiger partial charge in [0.25, 0.3) is 0 Å². The summed E-state index contributed by atoms with van der Waals surface area (Å²) < 4.78 is 0. The van der Waals surface area contributed by atoms with Crippen molar-refractivity contribution in [2.45, 2.75) is 26.3 Å². The van der Waals surface area contributed by atoms with Crippen molar-refractivity contribution in [1.82, 2.24) is 10.6 Å². The van der Waals surface area contributed by atoms with Gasteiger partial charge in [0.05, 0.1) is 0 Å². The van der Waals surface area contributed by atoms with Crippen LogP contribution in [0.3, 0.4) is 0 Å². The monoisotopic (exact) mass is 240 g/mol. The molecule has 0 unspecified atom stereocenters. The Morgan fingerprint density at radius 1 is 1.00 bits per heavy atom. The minimum Gasteiger partial charge on any atom is -0.317 e. The first kappa shape index (κ1) is 13.5. The number of benzene rings is 1. The third-order valence-corrected chi connectivity index (χ3v) is 2.63. The van der Waals surface area contributed by atoms with Crippen LogP contribution in [0, 0.1) is 0 Å². The van der Waals surface area contributed by atoms with E-state index in [9.17, 15) is 0 Å². The molecule has 0 heterocycles. The molecule has 16 heavy (non-hydrogen) atoms. The third kappa shape index (κ3) is 6.11. The summed E-state index contributed by atoms with van der Waals surface area (Å²) >= 11 is 5.82. The quantitative estimate of drug-likeness (QED) is 0.683. The summed E-state index contributed by atoms with van der Waals surface area (Å²) in [5.41, 5.74) is 1.28. The molecule has 0 radical (unpaired) electrons. The highest BCUT2D eigenvalue weighted by Gasteiger charge is 1.92. The van der Waals surface area contributed by atoms with Gasteiger partial charge in [0.2, 0.25) is 0 Å². The van der Waals surface area contributed by atoms with Crippen molar-refractivity contribution >= 4 is 11.6 Å². The van der Waals surface area contributed by atoms with Crippen molar-refractivity contribution in [3.8, 4) is 0 Å². The molecule has 2 nitrogen and oxygen atoms in total. The highest BCUT2D eigenvalue weighted by Crippen LogP contribution is 2.08. The molecule has 0 aliphatic rings. The average molecular weight is 241 g/mol. The minimum absolute atomic E-state index is 0.799. The second-order valence-corrected chi connectivity index (χ2v) is 4.34. The molecule has 0 bridgehead atoms. The molecule has 1 aromatic rings. The van der Waals surface area contributed by atoms with E-state index in [0.717, 1.165) is 31.2 Å². The van der Waals surface area contributed by atoms with Crippen LogP contribution in [0.4, 0.5) is 0 Å². The predicted octanol–water partition coefficient (Wildman–Crippen LogP) is 2.82. The number of hydrogen-bond acceptors (Lipinski definition) is 2. The van der Waals surface area contributed by atoms with Crippen LogP contribution in [0.2, 0.25) is 5.02 Å². The van der Waals surface area contributed by atoms with Crippen molar-refractivity contribution in [2.24, 2.45) is 0 Å². The van der Waals surface area contributed by atoms with Crippen LogP contribution in [0.1, 0.15) is 25.3 Å². The molecule has 0 aliphatic carbocycles. The summed E-state index contributed by atoms with van der Waals surface area (Å²) in [5.74, 6) is 0. The van der Waals surface area contributed by atoms with Gasteiger partial charge in [-0.25, -0.2) is 0 Å². The molecule has 0 amide bonds. The lowest BCUT2D eigenvalue weighted by Crippen LogP contribution is -2.22. The van der Waals surface area contributed by atoms with E-state index in [0.29, 0.717) is 0 Å². The largest absolute Gasteiger partial charge is 0.317 e. The third-order valence-electron chi connectivity index (χ3n) is 2.38. The van der Waals surface area contributed by atoms with Gasteiger partial charge in [-0.15, -0.1) is 0 Å². The van der Waals surface area contributed by atoms with Gasteiger partial charge in [-0.1, -0.05) is 30.7 Å². The summed E-state index contributed by atoms with van der Waals surface area (Å²) in [5, 5.41) is 7.60. The molecule has 0 aromatic heterocycles. The summed E-state index contributed by atoms with van der Waals surface area (Å²) in [6, 6.07) is 7.98. The van der Waals surface area contributed by atoms with Crippen molar-refractivity contribution < 1.29 is 0 Å². The predicted molar refractivity (Wildman–Crippen MR) is 70.9 cm³/mol. The van der Waals surface area contributed by atoms with E-state index in [-0.39, 0.29) is 0 Å². The number of rotatable bonds is 8. The molecular weight excluding hydrogens is 220 g/mol. The molecule has 0 saturated heterocycles. The van der Waals surface area contributed by atoms with Gasteiger partial charge in [0.15, 0.2) is 0 Å². The molecule has 90 valence electrons. The molecule has 0 saturated carbocycles. The fourth-order valence-corrected chi connectivity index (χ4v) is 1.60. The molecule has 2 N–H and O–H groups in total. The minimum atomic E-state index is 0.799. The van der Waals surface area contributed by atoms with Crippen molar-refractivity contribution in [1.29, 1.82) is 0 Å². The Morgan fingerprint density at radius 3 is 2.38 bits per heavy atom. The Labute approximate surface area is 103 Å². The molecular formula is C13H21ClN2. The Balaban J connectivity index is 2.01. The summed E-state index contributed by atoms with van der Waals surface area (Å²) in [7, 11) is 0. The SMILES string of the molecule is CCCNCCCNCc1ccc(Cl)cc1. The Morgan fingerprint density at radius 2 is 1.69 bits per heavy atom. The zero-order valence-electron chi connectivity index (χ0n) is 9.93. The Kier molecular flexibility index (Phi) is 7.23. The van der Waals surface area contributed by atoms with Gasteiger partial charge in [-0.05, 0) is 50.2 Å². The van der Waals surface area contributed by atoms with Crippen LogP contribution >= 0.6 is 11.6 Å². The molecule has 0 spiro atoms. The molecule has 0 fully saturated rings. The number of halogens is 1. The van der Waals surface area contributed by atoms with Crippen LogP contribution in [0.5, 0.6) is 0 Å². The van der Waals surface area contributed by atoms with E-state index in [1.807, 2.05) is 12.1 Å². The first-order valence-electron chi connectivity index (χ1n) is 5.99. The lowest BCUT2D eigenvalue weighted by Gasteiger charge is -2.05. The first-order valence-corrected chi connectivity index (χ1v) is 6.36. The number of hydrogen-bond donors (Lipinski definition) is 2. The summed E-state index contributed by atoms with van der Waals surface area (Å²) in [6.45, 7) is 6.38. The average Bonchev–Trinajstić information content (AvgIpc) is 2.30. The van der Waals surface area contributed by atoms with Crippen molar-refractivity contribution in [3.05, 3.63) is 34.9 Å². The number of nitrogens with one attached hydrogen (secondary N) is 2. The van der Waals surface area contributed by atoms with Gasteiger partial charge in [-0.3, -0.25) is 0 Å².